The van der Waals surface area contributed by atoms with E-state index in [9.17, 15) is 13.2 Å². The lowest BCUT2D eigenvalue weighted by atomic mass is 10.1. The summed E-state index contributed by atoms with van der Waals surface area (Å²) < 4.78 is 33.7. The van der Waals surface area contributed by atoms with E-state index in [4.69, 9.17) is 16.7 Å². The van der Waals surface area contributed by atoms with Gasteiger partial charge in [-0.15, -0.1) is 0 Å². The molecule has 13 heteroatoms. The molecule has 0 saturated heterocycles. The van der Waals surface area contributed by atoms with Crippen molar-refractivity contribution >= 4 is 39.4 Å². The minimum atomic E-state index is -3.50. The van der Waals surface area contributed by atoms with Gasteiger partial charge in [-0.25, -0.2) is 23.2 Å². The predicted octanol–water partition coefficient (Wildman–Crippen LogP) is 4.55. The fourth-order valence-corrected chi connectivity index (χ4v) is 4.84. The summed E-state index contributed by atoms with van der Waals surface area (Å²) in [5, 5.41) is 10.9. The smallest absolute Gasteiger partial charge is 0.407 e. The number of methoxy groups -OCH3 is 1. The van der Waals surface area contributed by atoms with Crippen molar-refractivity contribution < 1.29 is 17.9 Å². The number of ether oxygens (including phenoxy) is 1. The molecule has 0 fully saturated rings. The van der Waals surface area contributed by atoms with Crippen molar-refractivity contribution in [3.63, 3.8) is 0 Å². The van der Waals surface area contributed by atoms with Crippen molar-refractivity contribution in [1.82, 2.24) is 25.1 Å². The highest BCUT2D eigenvalue weighted by Crippen LogP contribution is 2.34. The summed E-state index contributed by atoms with van der Waals surface area (Å²) in [6.45, 7) is 8.02. The third-order valence-corrected chi connectivity index (χ3v) is 6.94. The van der Waals surface area contributed by atoms with E-state index in [1.54, 1.807) is 37.4 Å². The number of aromatic nitrogens is 4. The van der Waals surface area contributed by atoms with Crippen LogP contribution in [0.25, 0.3) is 22.5 Å². The maximum Gasteiger partial charge on any atom is 0.407 e. The summed E-state index contributed by atoms with van der Waals surface area (Å²) in [4.78, 5) is 20.3. The minimum Gasteiger partial charge on any atom is -0.453 e. The van der Waals surface area contributed by atoms with Crippen LogP contribution in [0.2, 0.25) is 5.02 Å². The van der Waals surface area contributed by atoms with E-state index in [1.165, 1.54) is 7.11 Å². The van der Waals surface area contributed by atoms with Crippen LogP contribution in [0.4, 0.5) is 16.4 Å². The van der Waals surface area contributed by atoms with E-state index in [0.717, 1.165) is 5.56 Å². The molecule has 0 aliphatic rings. The Morgan fingerprint density at radius 3 is 2.65 bits per heavy atom. The van der Waals surface area contributed by atoms with Crippen molar-refractivity contribution in [3.8, 4) is 22.5 Å². The number of hydrogen-bond acceptors (Lipinski definition) is 8. The zero-order valence-electron chi connectivity index (χ0n) is 21.4. The summed E-state index contributed by atoms with van der Waals surface area (Å²) in [6.07, 6.45) is 3.48. The topological polar surface area (TPSA) is 140 Å². The molecule has 1 unspecified atom stereocenters. The van der Waals surface area contributed by atoms with Gasteiger partial charge in [0, 0.05) is 47.2 Å². The first-order valence-electron chi connectivity index (χ1n) is 11.8. The Hall–Kier alpha value is -3.38. The molecular weight excluding hydrogens is 518 g/mol. The highest BCUT2D eigenvalue weighted by molar-refractivity contribution is 7.92. The van der Waals surface area contributed by atoms with E-state index >= 15 is 0 Å². The number of halogens is 1. The third-order valence-electron chi connectivity index (χ3n) is 5.23. The Balaban J connectivity index is 1.96. The molecule has 0 saturated carbocycles. The zero-order valence-corrected chi connectivity index (χ0v) is 23.0. The largest absolute Gasteiger partial charge is 0.453 e. The number of carbonyl (C=O) groups is 1. The number of anilines is 2. The van der Waals surface area contributed by atoms with Crippen LogP contribution in [0.3, 0.4) is 0 Å². The van der Waals surface area contributed by atoms with Crippen molar-refractivity contribution in [1.29, 1.82) is 0 Å². The second kappa shape index (κ2) is 12.2. The molecule has 0 radical (unpaired) electrons. The molecular formula is C24H32ClN7O4S. The second-order valence-electron chi connectivity index (χ2n) is 8.80. The van der Waals surface area contributed by atoms with Gasteiger partial charge in [-0.2, -0.15) is 5.10 Å². The summed E-state index contributed by atoms with van der Waals surface area (Å²) in [6, 6.07) is 6.61. The van der Waals surface area contributed by atoms with Crippen molar-refractivity contribution in [3.05, 3.63) is 41.7 Å². The monoisotopic (exact) mass is 549 g/mol. The van der Waals surface area contributed by atoms with Gasteiger partial charge in [0.15, 0.2) is 0 Å². The standard InChI is InChI=1S/C24H32ClN7O4S/c1-6-9-37(34,35)31-19-11-17(10-18(25)12-19)22-20(14-32(30-22)15(2)3)21-7-8-26-23(29-21)27-13-16(4)28-24(33)36-5/h7-8,10-12,14-16,31H,6,9,13H2,1-5H3,(H,28,33)(H,26,27,29). The summed E-state index contributed by atoms with van der Waals surface area (Å²) in [7, 11) is -2.19. The molecule has 37 heavy (non-hydrogen) atoms. The number of sulfonamides is 1. The SMILES string of the molecule is CCCS(=O)(=O)Nc1cc(Cl)cc(-c2nn(C(C)C)cc2-c2ccnc(NCC(C)NC(=O)OC)n2)c1. The number of rotatable bonds is 11. The molecule has 11 nitrogen and oxygen atoms in total. The average molecular weight is 550 g/mol. The molecule has 1 aromatic carbocycles. The Kier molecular flexibility index (Phi) is 9.33. The van der Waals surface area contributed by atoms with Crippen LogP contribution in [0, 0.1) is 0 Å². The number of carbonyl (C=O) groups excluding carboxylic acids is 1. The van der Waals surface area contributed by atoms with E-state index in [2.05, 4.69) is 30.1 Å². The Labute approximate surface area is 222 Å². The van der Waals surface area contributed by atoms with Crippen LogP contribution in [0.5, 0.6) is 0 Å². The van der Waals surface area contributed by atoms with Crippen LogP contribution in [0.15, 0.2) is 36.7 Å². The molecule has 0 aliphatic carbocycles. The van der Waals surface area contributed by atoms with Gasteiger partial charge in [0.25, 0.3) is 0 Å². The van der Waals surface area contributed by atoms with Gasteiger partial charge in [-0.1, -0.05) is 18.5 Å². The van der Waals surface area contributed by atoms with Crippen molar-refractivity contribution in [2.75, 3.05) is 29.4 Å². The van der Waals surface area contributed by atoms with Gasteiger partial charge >= 0.3 is 6.09 Å². The first-order valence-corrected chi connectivity index (χ1v) is 13.9. The van der Waals surface area contributed by atoms with E-state index in [-0.39, 0.29) is 17.8 Å². The van der Waals surface area contributed by atoms with Gasteiger partial charge in [-0.3, -0.25) is 9.40 Å². The number of amides is 1. The van der Waals surface area contributed by atoms with Crippen molar-refractivity contribution in [2.45, 2.75) is 46.2 Å². The first-order chi connectivity index (χ1) is 17.5. The normalized spacial score (nSPS) is 12.3. The second-order valence-corrected chi connectivity index (χ2v) is 11.1. The average Bonchev–Trinajstić information content (AvgIpc) is 3.28. The van der Waals surface area contributed by atoms with Gasteiger partial charge in [-0.05, 0) is 51.5 Å². The fourth-order valence-electron chi connectivity index (χ4n) is 3.49. The molecule has 3 rings (SSSR count). The molecule has 0 spiro atoms. The maximum atomic E-state index is 12.3. The quantitative estimate of drug-likeness (QED) is 0.316. The van der Waals surface area contributed by atoms with E-state index in [1.807, 2.05) is 31.6 Å². The van der Waals surface area contributed by atoms with E-state index < -0.39 is 16.1 Å². The van der Waals surface area contributed by atoms with E-state index in [0.29, 0.717) is 46.6 Å². The van der Waals surface area contributed by atoms with Crippen LogP contribution < -0.4 is 15.4 Å². The molecule has 0 aliphatic heterocycles. The van der Waals surface area contributed by atoms with Crippen LogP contribution in [-0.2, 0) is 14.8 Å². The molecule has 1 atom stereocenters. The van der Waals surface area contributed by atoms with Gasteiger partial charge < -0.3 is 15.4 Å². The Bertz CT molecular complexity index is 1340. The van der Waals surface area contributed by atoms with Gasteiger partial charge in [0.1, 0.15) is 5.69 Å². The molecule has 0 bridgehead atoms. The predicted molar refractivity (Wildman–Crippen MR) is 145 cm³/mol. The Morgan fingerprint density at radius 2 is 1.97 bits per heavy atom. The lowest BCUT2D eigenvalue weighted by Crippen LogP contribution is -2.37. The number of nitrogens with one attached hydrogen (secondary N) is 3. The highest BCUT2D eigenvalue weighted by Gasteiger charge is 2.19. The lowest BCUT2D eigenvalue weighted by Gasteiger charge is -2.14. The number of benzene rings is 1. The minimum absolute atomic E-state index is 0.00650. The highest BCUT2D eigenvalue weighted by atomic mass is 35.5. The Morgan fingerprint density at radius 1 is 1.22 bits per heavy atom. The first kappa shape index (κ1) is 28.2. The van der Waals surface area contributed by atoms with Crippen molar-refractivity contribution in [2.24, 2.45) is 0 Å². The summed E-state index contributed by atoms with van der Waals surface area (Å²) >= 11 is 6.37. The van der Waals surface area contributed by atoms with Gasteiger partial charge in [0.05, 0.1) is 24.2 Å². The number of alkyl carbamates (subject to hydrolysis) is 1. The lowest BCUT2D eigenvalue weighted by molar-refractivity contribution is 0.168. The molecule has 1 amide bonds. The van der Waals surface area contributed by atoms with Crippen LogP contribution in [-0.4, -0.2) is 59.7 Å². The third kappa shape index (κ3) is 7.80. The van der Waals surface area contributed by atoms with Crippen LogP contribution in [0.1, 0.15) is 40.2 Å². The fraction of sp³-hybridized carbons (Fsp3) is 0.417. The molecule has 3 N–H and O–H groups in total. The molecule has 200 valence electrons. The summed E-state index contributed by atoms with van der Waals surface area (Å²) in [5.74, 6) is 0.380. The number of hydrogen-bond donors (Lipinski definition) is 3. The molecule has 3 aromatic rings. The van der Waals surface area contributed by atoms with Crippen LogP contribution >= 0.6 is 11.6 Å². The summed E-state index contributed by atoms with van der Waals surface area (Å²) in [5.41, 5.74) is 2.93. The zero-order chi connectivity index (χ0) is 27.2. The molecule has 2 heterocycles. The number of nitrogens with zero attached hydrogens (tertiary/aromatic N) is 4. The molecule has 2 aromatic heterocycles. The maximum absolute atomic E-state index is 12.3. The van der Waals surface area contributed by atoms with Gasteiger partial charge in [0.2, 0.25) is 16.0 Å².